The molecule has 3 saturated heterocycles. The Balaban J connectivity index is 1.14. The van der Waals surface area contributed by atoms with Crippen molar-refractivity contribution in [3.8, 4) is 22.9 Å². The van der Waals surface area contributed by atoms with Crippen molar-refractivity contribution in [1.29, 1.82) is 0 Å². The first kappa shape index (κ1) is 34.4. The van der Waals surface area contributed by atoms with Gasteiger partial charge in [0.2, 0.25) is 11.8 Å². The first-order chi connectivity index (χ1) is 23.2. The van der Waals surface area contributed by atoms with Gasteiger partial charge in [-0.3, -0.25) is 19.4 Å². The molecule has 1 N–H and O–H groups in total. The van der Waals surface area contributed by atoms with Gasteiger partial charge in [0.15, 0.2) is 0 Å². The van der Waals surface area contributed by atoms with Crippen molar-refractivity contribution in [3.63, 3.8) is 0 Å². The molecule has 2 atom stereocenters. The van der Waals surface area contributed by atoms with E-state index >= 15 is 0 Å². The van der Waals surface area contributed by atoms with Gasteiger partial charge in [-0.15, -0.1) is 0 Å². The van der Waals surface area contributed by atoms with Crippen molar-refractivity contribution in [2.45, 2.75) is 64.6 Å². The molecule has 2 aromatic heterocycles. The van der Waals surface area contributed by atoms with Gasteiger partial charge in [-0.25, -0.2) is 9.97 Å². The molecule has 6 rings (SSSR count). The van der Waals surface area contributed by atoms with E-state index in [-0.39, 0.29) is 11.9 Å². The second kappa shape index (κ2) is 15.8. The molecule has 0 spiro atoms. The lowest BCUT2D eigenvalue weighted by atomic mass is 9.96. The van der Waals surface area contributed by atoms with E-state index in [4.69, 9.17) is 42.6 Å². The number of ether oxygens (including phenoxy) is 2. The number of piperazine rings is 1. The van der Waals surface area contributed by atoms with Crippen LogP contribution in [0, 0.1) is 5.92 Å². The molecule has 48 heavy (non-hydrogen) atoms. The van der Waals surface area contributed by atoms with Gasteiger partial charge in [-0.1, -0.05) is 23.2 Å². The number of rotatable bonds is 12. The Morgan fingerprint density at radius 1 is 0.958 bits per heavy atom. The van der Waals surface area contributed by atoms with Gasteiger partial charge in [-0.2, -0.15) is 0 Å². The molecule has 1 aromatic carbocycles. The summed E-state index contributed by atoms with van der Waals surface area (Å²) in [7, 11) is 0. The predicted molar refractivity (Wildman–Crippen MR) is 188 cm³/mol. The molecule has 0 radical (unpaired) electrons. The lowest BCUT2D eigenvalue weighted by Crippen LogP contribution is -2.54. The smallest absolute Gasteiger partial charge is 0.307 e. The fourth-order valence-electron chi connectivity index (χ4n) is 7.18. The van der Waals surface area contributed by atoms with Crippen molar-refractivity contribution >= 4 is 40.9 Å². The van der Waals surface area contributed by atoms with Gasteiger partial charge < -0.3 is 19.7 Å². The molecule has 3 aromatic rings. The van der Waals surface area contributed by atoms with Crippen molar-refractivity contribution in [2.24, 2.45) is 5.92 Å². The Labute approximate surface area is 292 Å². The summed E-state index contributed by atoms with van der Waals surface area (Å²) in [5, 5.41) is 4.05. The Kier molecular flexibility index (Phi) is 11.4. The minimum Gasteiger partial charge on any atom is -0.466 e. The second-order valence-electron chi connectivity index (χ2n) is 13.1. The predicted octanol–water partition coefficient (Wildman–Crippen LogP) is 6.20. The lowest BCUT2D eigenvalue weighted by molar-refractivity contribution is -0.143. The van der Waals surface area contributed by atoms with E-state index in [1.165, 1.54) is 0 Å². The highest BCUT2D eigenvalue weighted by Gasteiger charge is 2.40. The van der Waals surface area contributed by atoms with Gasteiger partial charge in [0.05, 0.1) is 24.9 Å². The van der Waals surface area contributed by atoms with Crippen LogP contribution < -0.4 is 15.0 Å². The number of nitrogens with one attached hydrogen (secondary N) is 1. The number of aromatic nitrogens is 2. The number of hydrogen-bond acceptors (Lipinski definition) is 9. The summed E-state index contributed by atoms with van der Waals surface area (Å²) in [5.74, 6) is 2.42. The number of carbonyl (C=O) groups excluding carboxylic acids is 2. The number of halogens is 2. The van der Waals surface area contributed by atoms with Gasteiger partial charge in [0.1, 0.15) is 11.6 Å². The monoisotopic (exact) mass is 694 g/mol. The third-order valence-corrected chi connectivity index (χ3v) is 9.91. The average Bonchev–Trinajstić information content (AvgIpc) is 3.32. The summed E-state index contributed by atoms with van der Waals surface area (Å²) in [6, 6.07) is 14.2. The zero-order chi connectivity index (χ0) is 33.6. The highest BCUT2D eigenvalue weighted by Crippen LogP contribution is 2.35. The largest absolute Gasteiger partial charge is 0.466 e. The summed E-state index contributed by atoms with van der Waals surface area (Å²) < 4.78 is 11.5. The van der Waals surface area contributed by atoms with E-state index in [0.717, 1.165) is 94.1 Å². The number of hydrogen-bond donors (Lipinski definition) is 1. The molecule has 2 unspecified atom stereocenters. The number of amides is 1. The van der Waals surface area contributed by atoms with Crippen LogP contribution in [-0.2, 0) is 20.9 Å². The fourth-order valence-corrected chi connectivity index (χ4v) is 7.71. The number of pyridine rings is 2. The van der Waals surface area contributed by atoms with Crippen molar-refractivity contribution < 1.29 is 19.1 Å². The standard InChI is InChI=1S/C36H44Cl2N6O4/c1-3-47-36(46)10-13-43-22-30-4-5-31(23-43)44(30)34-7-6-32(20-40-34)48-35-15-26(14-33(41-35)27-16-28(37)18-29(38)17-27)21-42-11-8-25(9-12-42)19-39-24(2)45/h6-7,14-18,20,25,30-31H,3-5,8-13,19,21-23H2,1-2H3,(H,39,45). The van der Waals surface area contributed by atoms with Crippen molar-refractivity contribution in [3.05, 3.63) is 64.3 Å². The van der Waals surface area contributed by atoms with E-state index in [0.29, 0.717) is 52.7 Å². The first-order valence-corrected chi connectivity index (χ1v) is 17.7. The van der Waals surface area contributed by atoms with Gasteiger partial charge in [-0.05, 0) is 93.6 Å². The summed E-state index contributed by atoms with van der Waals surface area (Å²) in [6.07, 6.45) is 6.49. The number of piperidine rings is 1. The average molecular weight is 696 g/mol. The summed E-state index contributed by atoms with van der Waals surface area (Å²) >= 11 is 12.7. The van der Waals surface area contributed by atoms with Crippen molar-refractivity contribution in [2.75, 3.05) is 50.8 Å². The minimum absolute atomic E-state index is 0.0228. The van der Waals surface area contributed by atoms with Crippen LogP contribution in [0.25, 0.3) is 11.3 Å². The maximum atomic E-state index is 11.9. The quantitative estimate of drug-likeness (QED) is 0.222. The molecule has 256 valence electrons. The second-order valence-corrected chi connectivity index (χ2v) is 13.9. The SMILES string of the molecule is CCOC(=O)CCN1CC2CCC(C1)N2c1ccc(Oc2cc(CN3CCC(CNC(C)=O)CC3)cc(-c3cc(Cl)cc(Cl)c3)n2)cn1. The summed E-state index contributed by atoms with van der Waals surface area (Å²) in [6.45, 7) is 9.77. The van der Waals surface area contributed by atoms with Crippen molar-refractivity contribution in [1.82, 2.24) is 25.1 Å². The first-order valence-electron chi connectivity index (χ1n) is 17.0. The molecular formula is C36H44Cl2N6O4. The van der Waals surface area contributed by atoms with Crippen LogP contribution in [0.5, 0.6) is 11.6 Å². The molecule has 3 aliphatic heterocycles. The third-order valence-electron chi connectivity index (χ3n) is 9.48. The van der Waals surface area contributed by atoms with Gasteiger partial charge in [0.25, 0.3) is 0 Å². The normalized spacial score (nSPS) is 20.1. The maximum absolute atomic E-state index is 11.9. The molecule has 3 fully saturated rings. The Morgan fingerprint density at radius 3 is 2.33 bits per heavy atom. The number of likely N-dealkylation sites (tertiary alicyclic amines) is 2. The molecule has 10 nitrogen and oxygen atoms in total. The molecule has 0 saturated carbocycles. The van der Waals surface area contributed by atoms with Crippen LogP contribution in [0.15, 0.2) is 48.7 Å². The van der Waals surface area contributed by atoms with Crippen LogP contribution in [0.3, 0.4) is 0 Å². The minimum atomic E-state index is -0.132. The lowest BCUT2D eigenvalue weighted by Gasteiger charge is -2.41. The molecule has 1 amide bonds. The number of nitrogens with zero attached hydrogens (tertiary/aromatic N) is 5. The summed E-state index contributed by atoms with van der Waals surface area (Å²) in [5.41, 5.74) is 2.63. The van der Waals surface area contributed by atoms with E-state index in [2.05, 4.69) is 26.1 Å². The molecule has 0 aliphatic carbocycles. The Hall–Kier alpha value is -3.44. The number of carbonyl (C=O) groups is 2. The number of benzene rings is 1. The molecule has 5 heterocycles. The molecule has 12 heteroatoms. The van der Waals surface area contributed by atoms with Crippen LogP contribution in [-0.4, -0.2) is 89.6 Å². The molecular weight excluding hydrogens is 651 g/mol. The Morgan fingerprint density at radius 2 is 1.69 bits per heavy atom. The van der Waals surface area contributed by atoms with Crippen LogP contribution >= 0.6 is 23.2 Å². The van der Waals surface area contributed by atoms with E-state index < -0.39 is 0 Å². The van der Waals surface area contributed by atoms with Crippen LogP contribution in [0.4, 0.5) is 5.82 Å². The zero-order valence-electron chi connectivity index (χ0n) is 27.7. The fraction of sp³-hybridized carbons (Fsp3) is 0.500. The summed E-state index contributed by atoms with van der Waals surface area (Å²) in [4.78, 5) is 40.1. The Bertz CT molecular complexity index is 1550. The number of esters is 1. The third kappa shape index (κ3) is 8.96. The maximum Gasteiger partial charge on any atom is 0.307 e. The molecule has 2 bridgehead atoms. The number of anilines is 1. The topological polar surface area (TPSA) is 100 Å². The van der Waals surface area contributed by atoms with Gasteiger partial charge in [0, 0.05) is 73.4 Å². The van der Waals surface area contributed by atoms with E-state index in [1.807, 2.05) is 37.3 Å². The van der Waals surface area contributed by atoms with E-state index in [9.17, 15) is 9.59 Å². The highest BCUT2D eigenvalue weighted by molar-refractivity contribution is 6.35. The highest BCUT2D eigenvalue weighted by atomic mass is 35.5. The van der Waals surface area contributed by atoms with E-state index in [1.54, 1.807) is 19.2 Å². The van der Waals surface area contributed by atoms with Crippen LogP contribution in [0.2, 0.25) is 10.0 Å². The van der Waals surface area contributed by atoms with Gasteiger partial charge >= 0.3 is 5.97 Å². The van der Waals surface area contributed by atoms with Crippen LogP contribution in [0.1, 0.15) is 51.5 Å². The molecule has 3 aliphatic rings. The zero-order valence-corrected chi connectivity index (χ0v) is 29.2. The number of fused-ring (bicyclic) bond motifs is 2.